The van der Waals surface area contributed by atoms with Gasteiger partial charge in [-0.25, -0.2) is 13.1 Å². The SMILES string of the molecule is CCC(C)c1ccc(S(=O)(=O)N2CCN(Cn3ncn(C)c3=S)CC2)cc1. The number of sulfonamides is 1. The molecule has 0 N–H and O–H groups in total. The zero-order valence-electron chi connectivity index (χ0n) is 16.1. The van der Waals surface area contributed by atoms with Gasteiger partial charge in [0.15, 0.2) is 4.77 Å². The van der Waals surface area contributed by atoms with Crippen molar-refractivity contribution in [3.8, 4) is 0 Å². The summed E-state index contributed by atoms with van der Waals surface area (Å²) in [7, 11) is -1.59. The molecule has 27 heavy (non-hydrogen) atoms. The van der Waals surface area contributed by atoms with E-state index in [1.54, 1.807) is 32.0 Å². The van der Waals surface area contributed by atoms with Crippen molar-refractivity contribution >= 4 is 22.2 Å². The Balaban J connectivity index is 1.64. The molecule has 1 saturated heterocycles. The van der Waals surface area contributed by atoms with Crippen molar-refractivity contribution in [3.05, 3.63) is 40.9 Å². The van der Waals surface area contributed by atoms with Crippen LogP contribution in [0.25, 0.3) is 0 Å². The van der Waals surface area contributed by atoms with Crippen molar-refractivity contribution in [2.45, 2.75) is 37.8 Å². The molecule has 0 amide bonds. The van der Waals surface area contributed by atoms with Crippen LogP contribution in [0.15, 0.2) is 35.5 Å². The number of aromatic nitrogens is 3. The third kappa shape index (κ3) is 4.31. The Hall–Kier alpha value is -1.55. The van der Waals surface area contributed by atoms with Crippen molar-refractivity contribution in [2.24, 2.45) is 7.05 Å². The highest BCUT2D eigenvalue weighted by Crippen LogP contribution is 2.23. The average molecular weight is 410 g/mol. The van der Waals surface area contributed by atoms with Crippen LogP contribution in [0.5, 0.6) is 0 Å². The zero-order chi connectivity index (χ0) is 19.6. The normalized spacial score (nSPS) is 17.9. The first-order valence-corrected chi connectivity index (χ1v) is 11.1. The van der Waals surface area contributed by atoms with Gasteiger partial charge in [-0.3, -0.25) is 4.90 Å². The Kier molecular flexibility index (Phi) is 6.15. The minimum atomic E-state index is -3.45. The van der Waals surface area contributed by atoms with E-state index in [1.807, 2.05) is 19.2 Å². The Morgan fingerprint density at radius 3 is 2.30 bits per heavy atom. The van der Waals surface area contributed by atoms with E-state index in [2.05, 4.69) is 23.8 Å². The fourth-order valence-corrected chi connectivity index (χ4v) is 4.75. The third-order valence-corrected chi connectivity index (χ3v) is 7.66. The van der Waals surface area contributed by atoms with E-state index in [0.717, 1.165) is 6.42 Å². The van der Waals surface area contributed by atoms with Gasteiger partial charge in [-0.2, -0.15) is 9.40 Å². The summed E-state index contributed by atoms with van der Waals surface area (Å²) in [5.74, 6) is 0.434. The predicted molar refractivity (Wildman–Crippen MR) is 108 cm³/mol. The molecule has 0 aliphatic carbocycles. The molecule has 148 valence electrons. The van der Waals surface area contributed by atoms with E-state index in [9.17, 15) is 8.42 Å². The second-order valence-electron chi connectivity index (χ2n) is 7.07. The summed E-state index contributed by atoms with van der Waals surface area (Å²) in [4.78, 5) is 2.54. The van der Waals surface area contributed by atoms with Crippen molar-refractivity contribution in [1.29, 1.82) is 0 Å². The number of piperazine rings is 1. The standard InChI is InChI=1S/C18H27N5O2S2/c1-4-15(2)16-5-7-17(8-6-16)27(24,25)22-11-9-21(10-12-22)14-23-18(26)20(3)13-19-23/h5-8,13,15H,4,9-12,14H2,1-3H3. The van der Waals surface area contributed by atoms with Gasteiger partial charge in [0.25, 0.3) is 0 Å². The van der Waals surface area contributed by atoms with Crippen LogP contribution in [-0.2, 0) is 23.7 Å². The van der Waals surface area contributed by atoms with E-state index < -0.39 is 10.0 Å². The molecule has 2 heterocycles. The first kappa shape index (κ1) is 20.2. The first-order chi connectivity index (χ1) is 12.8. The van der Waals surface area contributed by atoms with Gasteiger partial charge in [0.2, 0.25) is 10.0 Å². The van der Waals surface area contributed by atoms with Gasteiger partial charge in [-0.15, -0.1) is 0 Å². The van der Waals surface area contributed by atoms with Crippen LogP contribution in [0.4, 0.5) is 0 Å². The van der Waals surface area contributed by atoms with Crippen LogP contribution in [0.2, 0.25) is 0 Å². The first-order valence-electron chi connectivity index (χ1n) is 9.24. The number of aryl methyl sites for hydroxylation is 1. The summed E-state index contributed by atoms with van der Waals surface area (Å²) in [6.07, 6.45) is 2.72. The second-order valence-corrected chi connectivity index (χ2v) is 9.37. The van der Waals surface area contributed by atoms with Crippen molar-refractivity contribution < 1.29 is 8.42 Å². The number of benzene rings is 1. The molecule has 0 saturated carbocycles. The summed E-state index contributed by atoms with van der Waals surface area (Å²) in [5.41, 5.74) is 1.17. The number of hydrogen-bond donors (Lipinski definition) is 0. The summed E-state index contributed by atoms with van der Waals surface area (Å²) in [5, 5.41) is 4.26. The second kappa shape index (κ2) is 8.22. The molecule has 1 aliphatic heterocycles. The lowest BCUT2D eigenvalue weighted by atomic mass is 9.99. The average Bonchev–Trinajstić information content (AvgIpc) is 3.00. The molecular weight excluding hydrogens is 382 g/mol. The monoisotopic (exact) mass is 409 g/mol. The summed E-state index contributed by atoms with van der Waals surface area (Å²) in [6, 6.07) is 7.33. The van der Waals surface area contributed by atoms with Crippen LogP contribution >= 0.6 is 12.2 Å². The minimum Gasteiger partial charge on any atom is -0.310 e. The van der Waals surface area contributed by atoms with Crippen LogP contribution < -0.4 is 0 Å². The molecule has 0 spiro atoms. The number of hydrogen-bond acceptors (Lipinski definition) is 5. The van der Waals surface area contributed by atoms with Gasteiger partial charge in [0.05, 0.1) is 11.6 Å². The maximum atomic E-state index is 12.9. The Bertz CT molecular complexity index is 925. The highest BCUT2D eigenvalue weighted by Gasteiger charge is 2.28. The van der Waals surface area contributed by atoms with E-state index in [1.165, 1.54) is 5.56 Å². The van der Waals surface area contributed by atoms with E-state index in [-0.39, 0.29) is 0 Å². The molecular formula is C18H27N5O2S2. The van der Waals surface area contributed by atoms with Crippen LogP contribution in [-0.4, -0.2) is 58.1 Å². The fraction of sp³-hybridized carbons (Fsp3) is 0.556. The van der Waals surface area contributed by atoms with Crippen LogP contribution in [0, 0.1) is 4.77 Å². The molecule has 1 unspecified atom stereocenters. The Morgan fingerprint density at radius 2 is 1.78 bits per heavy atom. The molecule has 2 aromatic rings. The molecule has 1 fully saturated rings. The zero-order valence-corrected chi connectivity index (χ0v) is 17.7. The quantitative estimate of drug-likeness (QED) is 0.686. The van der Waals surface area contributed by atoms with Gasteiger partial charge in [-0.05, 0) is 42.3 Å². The number of nitrogens with zero attached hydrogens (tertiary/aromatic N) is 5. The lowest BCUT2D eigenvalue weighted by Gasteiger charge is -2.33. The number of rotatable bonds is 6. The molecule has 3 rings (SSSR count). The van der Waals surface area contributed by atoms with Gasteiger partial charge >= 0.3 is 0 Å². The third-order valence-electron chi connectivity index (χ3n) is 5.25. The lowest BCUT2D eigenvalue weighted by molar-refractivity contribution is 0.144. The Labute approximate surface area is 166 Å². The van der Waals surface area contributed by atoms with Crippen LogP contribution in [0.3, 0.4) is 0 Å². The molecule has 9 heteroatoms. The molecule has 0 radical (unpaired) electrons. The van der Waals surface area contributed by atoms with Gasteiger partial charge in [0.1, 0.15) is 6.33 Å². The Morgan fingerprint density at radius 1 is 1.15 bits per heavy atom. The van der Waals surface area contributed by atoms with Crippen molar-refractivity contribution in [3.63, 3.8) is 0 Å². The molecule has 1 aromatic carbocycles. The van der Waals surface area contributed by atoms with Crippen molar-refractivity contribution in [1.82, 2.24) is 23.6 Å². The van der Waals surface area contributed by atoms with E-state index in [4.69, 9.17) is 12.2 Å². The minimum absolute atomic E-state index is 0.370. The van der Waals surface area contributed by atoms with Crippen molar-refractivity contribution in [2.75, 3.05) is 26.2 Å². The highest BCUT2D eigenvalue weighted by molar-refractivity contribution is 7.89. The fourth-order valence-electron chi connectivity index (χ4n) is 3.17. The van der Waals surface area contributed by atoms with E-state index >= 15 is 0 Å². The molecule has 7 nitrogen and oxygen atoms in total. The molecule has 1 atom stereocenters. The van der Waals surface area contributed by atoms with Gasteiger partial charge in [0, 0.05) is 33.2 Å². The van der Waals surface area contributed by atoms with Gasteiger partial charge in [-0.1, -0.05) is 26.0 Å². The topological polar surface area (TPSA) is 63.4 Å². The summed E-state index contributed by atoms with van der Waals surface area (Å²) in [6.45, 7) is 7.11. The maximum Gasteiger partial charge on any atom is 0.243 e. The maximum absolute atomic E-state index is 12.9. The smallest absolute Gasteiger partial charge is 0.243 e. The molecule has 0 bridgehead atoms. The van der Waals surface area contributed by atoms with Gasteiger partial charge < -0.3 is 4.57 Å². The summed E-state index contributed by atoms with van der Waals surface area (Å²) < 4.78 is 31.6. The molecule has 1 aliphatic rings. The predicted octanol–water partition coefficient (Wildman–Crippen LogP) is 2.43. The van der Waals surface area contributed by atoms with E-state index in [0.29, 0.717) is 48.4 Å². The highest BCUT2D eigenvalue weighted by atomic mass is 32.2. The largest absolute Gasteiger partial charge is 0.310 e. The lowest BCUT2D eigenvalue weighted by Crippen LogP contribution is -2.48. The van der Waals surface area contributed by atoms with Crippen LogP contribution in [0.1, 0.15) is 31.7 Å². The summed E-state index contributed by atoms with van der Waals surface area (Å²) >= 11 is 5.31. The molecule has 1 aromatic heterocycles.